The van der Waals surface area contributed by atoms with Crippen molar-refractivity contribution in [1.82, 2.24) is 9.55 Å². The maximum Gasteiger partial charge on any atom is 0.227 e. The Labute approximate surface area is 165 Å². The lowest BCUT2D eigenvalue weighted by molar-refractivity contribution is -0.116. The predicted molar refractivity (Wildman–Crippen MR) is 104 cm³/mol. The van der Waals surface area contributed by atoms with Crippen molar-refractivity contribution in [2.24, 2.45) is 7.05 Å². The SMILES string of the molecule is Cn1ccnc1Sc1ccc(Cl)cc1NC(=O)CCOc1ccc(F)cc1. The number of benzene rings is 2. The maximum absolute atomic E-state index is 12.9. The van der Waals surface area contributed by atoms with Crippen LogP contribution < -0.4 is 10.1 Å². The van der Waals surface area contributed by atoms with Gasteiger partial charge in [-0.05, 0) is 54.2 Å². The van der Waals surface area contributed by atoms with Gasteiger partial charge in [0.2, 0.25) is 5.91 Å². The molecule has 1 aromatic heterocycles. The van der Waals surface area contributed by atoms with Crippen molar-refractivity contribution in [2.45, 2.75) is 16.5 Å². The fourth-order valence-electron chi connectivity index (χ4n) is 2.24. The molecule has 0 saturated heterocycles. The van der Waals surface area contributed by atoms with Crippen LogP contribution in [0.3, 0.4) is 0 Å². The molecule has 0 radical (unpaired) electrons. The third-order valence-corrected chi connectivity index (χ3v) is 4.99. The third kappa shape index (κ3) is 5.48. The molecule has 140 valence electrons. The number of ether oxygens (including phenoxy) is 1. The van der Waals surface area contributed by atoms with Gasteiger partial charge in [-0.3, -0.25) is 4.79 Å². The Hall–Kier alpha value is -2.51. The number of carbonyl (C=O) groups is 1. The lowest BCUT2D eigenvalue weighted by Gasteiger charge is -2.12. The highest BCUT2D eigenvalue weighted by Gasteiger charge is 2.11. The minimum atomic E-state index is -0.334. The minimum absolute atomic E-state index is 0.149. The van der Waals surface area contributed by atoms with E-state index in [1.807, 2.05) is 23.9 Å². The van der Waals surface area contributed by atoms with Gasteiger partial charge in [0.15, 0.2) is 5.16 Å². The van der Waals surface area contributed by atoms with Crippen molar-refractivity contribution in [2.75, 3.05) is 11.9 Å². The first-order chi connectivity index (χ1) is 13.0. The summed E-state index contributed by atoms with van der Waals surface area (Å²) in [6.07, 6.45) is 3.71. The second-order valence-corrected chi connectivity index (χ2v) is 7.11. The summed E-state index contributed by atoms with van der Waals surface area (Å²) in [5.41, 5.74) is 0.613. The number of rotatable bonds is 7. The van der Waals surface area contributed by atoms with Crippen LogP contribution in [0.2, 0.25) is 5.02 Å². The molecule has 0 atom stereocenters. The monoisotopic (exact) mass is 405 g/mol. The smallest absolute Gasteiger partial charge is 0.227 e. The molecule has 0 aliphatic rings. The molecule has 27 heavy (non-hydrogen) atoms. The Balaban J connectivity index is 1.60. The van der Waals surface area contributed by atoms with Crippen molar-refractivity contribution in [3.63, 3.8) is 0 Å². The molecule has 1 amide bonds. The van der Waals surface area contributed by atoms with Gasteiger partial charge in [0.25, 0.3) is 0 Å². The Morgan fingerprint density at radius 1 is 1.30 bits per heavy atom. The van der Waals surface area contributed by atoms with Crippen LogP contribution in [0, 0.1) is 5.82 Å². The van der Waals surface area contributed by atoms with Gasteiger partial charge in [0.05, 0.1) is 18.7 Å². The lowest BCUT2D eigenvalue weighted by Crippen LogP contribution is -2.15. The molecular formula is C19H17ClFN3O2S. The average Bonchev–Trinajstić information content (AvgIpc) is 3.04. The molecule has 1 N–H and O–H groups in total. The molecule has 2 aromatic carbocycles. The zero-order valence-electron chi connectivity index (χ0n) is 14.5. The molecule has 0 saturated carbocycles. The molecule has 1 heterocycles. The Kier molecular flexibility index (Phi) is 6.36. The van der Waals surface area contributed by atoms with Gasteiger partial charge in [0, 0.05) is 29.4 Å². The highest BCUT2D eigenvalue weighted by molar-refractivity contribution is 7.99. The standard InChI is InChI=1S/C19H17ClFN3O2S/c1-24-10-9-22-19(24)27-17-7-2-13(20)12-16(17)23-18(25)8-11-26-15-5-3-14(21)4-6-15/h2-7,9-10,12H,8,11H2,1H3,(H,23,25). The van der Waals surface area contributed by atoms with Crippen LogP contribution in [0.25, 0.3) is 0 Å². The zero-order valence-corrected chi connectivity index (χ0v) is 16.1. The number of hydrogen-bond acceptors (Lipinski definition) is 4. The molecule has 5 nitrogen and oxygen atoms in total. The first kappa shape index (κ1) is 19.3. The molecule has 0 bridgehead atoms. The van der Waals surface area contributed by atoms with Crippen LogP contribution in [0.15, 0.2) is 64.9 Å². The Morgan fingerprint density at radius 2 is 2.07 bits per heavy atom. The van der Waals surface area contributed by atoms with E-state index in [0.717, 1.165) is 10.1 Å². The number of halogens is 2. The van der Waals surface area contributed by atoms with Crippen molar-refractivity contribution in [3.05, 3.63) is 65.7 Å². The van der Waals surface area contributed by atoms with Gasteiger partial charge in [-0.25, -0.2) is 9.37 Å². The molecule has 0 spiro atoms. The molecular weight excluding hydrogens is 389 g/mol. The van der Waals surface area contributed by atoms with Crippen LogP contribution in [0.4, 0.5) is 10.1 Å². The van der Waals surface area contributed by atoms with Gasteiger partial charge >= 0.3 is 0 Å². The summed E-state index contributed by atoms with van der Waals surface area (Å²) in [4.78, 5) is 17.4. The second kappa shape index (κ2) is 8.92. The third-order valence-electron chi connectivity index (χ3n) is 3.61. The second-order valence-electron chi connectivity index (χ2n) is 5.66. The number of nitrogens with one attached hydrogen (secondary N) is 1. The first-order valence-corrected chi connectivity index (χ1v) is 9.33. The van der Waals surface area contributed by atoms with Crippen molar-refractivity contribution in [3.8, 4) is 5.75 Å². The lowest BCUT2D eigenvalue weighted by atomic mass is 10.3. The van der Waals surface area contributed by atoms with E-state index in [1.54, 1.807) is 18.3 Å². The van der Waals surface area contributed by atoms with Gasteiger partial charge < -0.3 is 14.6 Å². The van der Waals surface area contributed by atoms with E-state index in [1.165, 1.54) is 36.0 Å². The quantitative estimate of drug-likeness (QED) is 0.615. The van der Waals surface area contributed by atoms with E-state index in [4.69, 9.17) is 16.3 Å². The summed E-state index contributed by atoms with van der Waals surface area (Å²) < 4.78 is 20.2. The van der Waals surface area contributed by atoms with E-state index in [2.05, 4.69) is 10.3 Å². The molecule has 0 aliphatic carbocycles. The highest BCUT2D eigenvalue weighted by Crippen LogP contribution is 2.34. The number of anilines is 1. The van der Waals surface area contributed by atoms with E-state index >= 15 is 0 Å². The molecule has 0 unspecified atom stereocenters. The summed E-state index contributed by atoms with van der Waals surface area (Å²) in [5.74, 6) is -0.0298. The van der Waals surface area contributed by atoms with Crippen molar-refractivity contribution in [1.29, 1.82) is 0 Å². The van der Waals surface area contributed by atoms with E-state index in [-0.39, 0.29) is 24.8 Å². The summed E-state index contributed by atoms with van der Waals surface area (Å²) in [6, 6.07) is 11.0. The largest absolute Gasteiger partial charge is 0.493 e. The van der Waals surface area contributed by atoms with E-state index in [9.17, 15) is 9.18 Å². The van der Waals surface area contributed by atoms with Crippen molar-refractivity contribution < 1.29 is 13.9 Å². The number of nitrogens with zero attached hydrogens (tertiary/aromatic N) is 2. The first-order valence-electron chi connectivity index (χ1n) is 8.14. The molecule has 8 heteroatoms. The number of aryl methyl sites for hydroxylation is 1. The molecule has 0 aliphatic heterocycles. The van der Waals surface area contributed by atoms with Gasteiger partial charge in [-0.15, -0.1) is 0 Å². The number of hydrogen-bond donors (Lipinski definition) is 1. The predicted octanol–water partition coefficient (Wildman–Crippen LogP) is 4.77. The summed E-state index contributed by atoms with van der Waals surface area (Å²) in [5, 5.41) is 4.18. The Morgan fingerprint density at radius 3 is 2.78 bits per heavy atom. The average molecular weight is 406 g/mol. The summed E-state index contributed by atoms with van der Waals surface area (Å²) in [7, 11) is 1.90. The zero-order chi connectivity index (χ0) is 19.2. The summed E-state index contributed by atoms with van der Waals surface area (Å²) >= 11 is 7.51. The van der Waals surface area contributed by atoms with Crippen LogP contribution in [0.5, 0.6) is 5.75 Å². The van der Waals surface area contributed by atoms with E-state index < -0.39 is 0 Å². The van der Waals surface area contributed by atoms with Gasteiger partial charge in [0.1, 0.15) is 11.6 Å². The normalized spacial score (nSPS) is 10.6. The number of amides is 1. The number of carbonyl (C=O) groups excluding carboxylic acids is 1. The van der Waals surface area contributed by atoms with Crippen LogP contribution in [-0.4, -0.2) is 22.1 Å². The van der Waals surface area contributed by atoms with Crippen LogP contribution in [0.1, 0.15) is 6.42 Å². The van der Waals surface area contributed by atoms with Gasteiger partial charge in [-0.1, -0.05) is 11.6 Å². The fourth-order valence-corrected chi connectivity index (χ4v) is 3.29. The number of aromatic nitrogens is 2. The van der Waals surface area contributed by atoms with Crippen LogP contribution >= 0.6 is 23.4 Å². The van der Waals surface area contributed by atoms with Crippen LogP contribution in [-0.2, 0) is 11.8 Å². The molecule has 3 aromatic rings. The highest BCUT2D eigenvalue weighted by atomic mass is 35.5. The Bertz CT molecular complexity index is 931. The van der Waals surface area contributed by atoms with Gasteiger partial charge in [-0.2, -0.15) is 0 Å². The van der Waals surface area contributed by atoms with E-state index in [0.29, 0.717) is 16.5 Å². The van der Waals surface area contributed by atoms with Crippen molar-refractivity contribution >= 4 is 35.0 Å². The fraction of sp³-hybridized carbons (Fsp3) is 0.158. The maximum atomic E-state index is 12.9. The topological polar surface area (TPSA) is 56.2 Å². The number of imidazole rings is 1. The summed E-state index contributed by atoms with van der Waals surface area (Å²) in [6.45, 7) is 0.180. The molecule has 0 fully saturated rings. The minimum Gasteiger partial charge on any atom is -0.493 e. The molecule has 3 rings (SSSR count).